The molecular formula is C14H10Cl3FN2O. The van der Waals surface area contributed by atoms with Crippen molar-refractivity contribution in [3.8, 4) is 5.75 Å². The summed E-state index contributed by atoms with van der Waals surface area (Å²) in [7, 11) is 0. The molecule has 0 fully saturated rings. The van der Waals surface area contributed by atoms with Crippen molar-refractivity contribution < 1.29 is 9.13 Å². The number of rotatable bonds is 4. The molecule has 0 aromatic heterocycles. The van der Waals surface area contributed by atoms with Gasteiger partial charge in [-0.3, -0.25) is 5.41 Å². The van der Waals surface area contributed by atoms with Crippen molar-refractivity contribution in [2.24, 2.45) is 5.73 Å². The summed E-state index contributed by atoms with van der Waals surface area (Å²) in [6.45, 7) is -0.103. The lowest BCUT2D eigenvalue weighted by Crippen LogP contribution is -2.14. The summed E-state index contributed by atoms with van der Waals surface area (Å²) in [4.78, 5) is 0. The Kier molecular flexibility index (Phi) is 4.93. The average molecular weight is 348 g/mol. The van der Waals surface area contributed by atoms with Crippen LogP contribution in [0.1, 0.15) is 11.1 Å². The van der Waals surface area contributed by atoms with Gasteiger partial charge in [-0.25, -0.2) is 4.39 Å². The van der Waals surface area contributed by atoms with Crippen molar-refractivity contribution >= 4 is 40.6 Å². The summed E-state index contributed by atoms with van der Waals surface area (Å²) in [6, 6.07) is 7.49. The molecule has 0 aliphatic carbocycles. The van der Waals surface area contributed by atoms with Gasteiger partial charge in [0.25, 0.3) is 0 Å². The number of nitrogen functional groups attached to an aromatic ring is 1. The Morgan fingerprint density at radius 1 is 1.19 bits per heavy atom. The van der Waals surface area contributed by atoms with Crippen molar-refractivity contribution in [3.05, 3.63) is 62.3 Å². The maximum Gasteiger partial charge on any atom is 0.157 e. The van der Waals surface area contributed by atoms with E-state index in [0.29, 0.717) is 5.02 Å². The third-order valence-electron chi connectivity index (χ3n) is 2.70. The molecule has 0 bridgehead atoms. The summed E-state index contributed by atoms with van der Waals surface area (Å²) in [6.07, 6.45) is 0. The van der Waals surface area contributed by atoms with Crippen molar-refractivity contribution in [2.45, 2.75) is 6.61 Å². The van der Waals surface area contributed by atoms with Crippen LogP contribution >= 0.6 is 34.8 Å². The molecule has 0 aliphatic heterocycles. The lowest BCUT2D eigenvalue weighted by Gasteiger charge is -2.12. The molecule has 0 aliphatic rings. The predicted octanol–water partition coefficient (Wildman–Crippen LogP) is 4.65. The van der Waals surface area contributed by atoms with Crippen LogP contribution in [-0.4, -0.2) is 5.84 Å². The van der Waals surface area contributed by atoms with E-state index in [0.717, 1.165) is 0 Å². The van der Waals surface area contributed by atoms with Gasteiger partial charge in [0.1, 0.15) is 18.3 Å². The Morgan fingerprint density at radius 2 is 1.81 bits per heavy atom. The molecule has 0 spiro atoms. The van der Waals surface area contributed by atoms with E-state index in [-0.39, 0.29) is 39.4 Å². The van der Waals surface area contributed by atoms with Gasteiger partial charge < -0.3 is 10.5 Å². The molecule has 21 heavy (non-hydrogen) atoms. The molecule has 0 unspecified atom stereocenters. The summed E-state index contributed by atoms with van der Waals surface area (Å²) < 4.78 is 19.6. The standard InChI is InChI=1S/C14H10Cl3FN2O/c15-8-4-10(16)13(11(17)5-8)21-6-7-2-1-3-9(12(7)18)14(19)20/h1-5H,6H2,(H3,19,20). The Bertz CT molecular complexity index is 684. The van der Waals surface area contributed by atoms with Crippen molar-refractivity contribution in [1.82, 2.24) is 0 Å². The molecule has 0 heterocycles. The van der Waals surface area contributed by atoms with E-state index in [1.807, 2.05) is 0 Å². The van der Waals surface area contributed by atoms with Crippen molar-refractivity contribution in [3.63, 3.8) is 0 Å². The highest BCUT2D eigenvalue weighted by atomic mass is 35.5. The van der Waals surface area contributed by atoms with E-state index in [9.17, 15) is 4.39 Å². The van der Waals surface area contributed by atoms with Gasteiger partial charge in [0.15, 0.2) is 5.75 Å². The molecule has 0 radical (unpaired) electrons. The van der Waals surface area contributed by atoms with E-state index in [2.05, 4.69) is 0 Å². The molecule has 2 rings (SSSR count). The maximum absolute atomic E-state index is 14.1. The number of nitrogens with two attached hydrogens (primary N) is 1. The minimum atomic E-state index is -0.605. The van der Waals surface area contributed by atoms with Gasteiger partial charge in [-0.15, -0.1) is 0 Å². The van der Waals surface area contributed by atoms with Crippen LogP contribution < -0.4 is 10.5 Å². The van der Waals surface area contributed by atoms with Gasteiger partial charge in [0, 0.05) is 10.6 Å². The first-order chi connectivity index (χ1) is 9.90. The number of hydrogen-bond donors (Lipinski definition) is 2. The first kappa shape index (κ1) is 15.9. The SMILES string of the molecule is N=C(N)c1cccc(COc2c(Cl)cc(Cl)cc2Cl)c1F. The topological polar surface area (TPSA) is 59.1 Å². The highest BCUT2D eigenvalue weighted by molar-refractivity contribution is 6.40. The number of hydrogen-bond acceptors (Lipinski definition) is 2. The largest absolute Gasteiger partial charge is 0.486 e. The van der Waals surface area contributed by atoms with Gasteiger partial charge in [-0.05, 0) is 18.2 Å². The van der Waals surface area contributed by atoms with E-state index >= 15 is 0 Å². The van der Waals surface area contributed by atoms with Crippen LogP contribution in [0.15, 0.2) is 30.3 Å². The minimum absolute atomic E-state index is 0.0180. The van der Waals surface area contributed by atoms with E-state index in [1.54, 1.807) is 6.07 Å². The van der Waals surface area contributed by atoms with Crippen LogP contribution in [0.2, 0.25) is 15.1 Å². The number of benzene rings is 2. The summed E-state index contributed by atoms with van der Waals surface area (Å²) in [5, 5.41) is 8.14. The lowest BCUT2D eigenvalue weighted by molar-refractivity contribution is 0.300. The number of amidine groups is 1. The van der Waals surface area contributed by atoms with Crippen LogP contribution in [0.5, 0.6) is 5.75 Å². The summed E-state index contributed by atoms with van der Waals surface area (Å²) >= 11 is 17.8. The quantitative estimate of drug-likeness (QED) is 0.625. The van der Waals surface area contributed by atoms with E-state index in [1.165, 1.54) is 24.3 Å². The second-order valence-electron chi connectivity index (χ2n) is 4.18. The third-order valence-corrected chi connectivity index (χ3v) is 3.48. The van der Waals surface area contributed by atoms with Gasteiger partial charge in [0.2, 0.25) is 0 Å². The molecular weight excluding hydrogens is 338 g/mol. The number of ether oxygens (including phenoxy) is 1. The van der Waals surface area contributed by atoms with Crippen molar-refractivity contribution in [2.75, 3.05) is 0 Å². The number of nitrogens with one attached hydrogen (secondary N) is 1. The molecule has 0 saturated heterocycles. The maximum atomic E-state index is 14.1. The Morgan fingerprint density at radius 3 is 2.38 bits per heavy atom. The molecule has 2 aromatic carbocycles. The second-order valence-corrected chi connectivity index (χ2v) is 5.43. The monoisotopic (exact) mass is 346 g/mol. The normalized spacial score (nSPS) is 10.5. The zero-order chi connectivity index (χ0) is 15.6. The van der Waals surface area contributed by atoms with Crippen LogP contribution in [-0.2, 0) is 6.61 Å². The number of halogens is 4. The zero-order valence-electron chi connectivity index (χ0n) is 10.6. The molecule has 2 aromatic rings. The van der Waals surface area contributed by atoms with Gasteiger partial charge >= 0.3 is 0 Å². The van der Waals surface area contributed by atoms with Crippen LogP contribution in [0.3, 0.4) is 0 Å². The van der Waals surface area contributed by atoms with E-state index in [4.69, 9.17) is 50.7 Å². The van der Waals surface area contributed by atoms with Gasteiger partial charge in [-0.1, -0.05) is 46.9 Å². The van der Waals surface area contributed by atoms with Gasteiger partial charge in [-0.2, -0.15) is 0 Å². The molecule has 3 N–H and O–H groups in total. The first-order valence-corrected chi connectivity index (χ1v) is 6.92. The fourth-order valence-corrected chi connectivity index (χ4v) is 2.64. The predicted molar refractivity (Wildman–Crippen MR) is 83.2 cm³/mol. The molecule has 0 saturated carbocycles. The fraction of sp³-hybridized carbons (Fsp3) is 0.0714. The van der Waals surface area contributed by atoms with Crippen molar-refractivity contribution in [1.29, 1.82) is 5.41 Å². The summed E-state index contributed by atoms with van der Waals surface area (Å²) in [5.74, 6) is -0.738. The molecule has 110 valence electrons. The highest BCUT2D eigenvalue weighted by Crippen LogP contribution is 2.36. The third kappa shape index (κ3) is 3.59. The smallest absolute Gasteiger partial charge is 0.157 e. The second kappa shape index (κ2) is 6.52. The molecule has 7 heteroatoms. The summed E-state index contributed by atoms with van der Waals surface area (Å²) in [5.41, 5.74) is 5.56. The fourth-order valence-electron chi connectivity index (χ4n) is 1.72. The van der Waals surface area contributed by atoms with Gasteiger partial charge in [0.05, 0.1) is 15.6 Å². The molecule has 3 nitrogen and oxygen atoms in total. The molecule has 0 atom stereocenters. The van der Waals surface area contributed by atoms with Crippen LogP contribution in [0.25, 0.3) is 0 Å². The Labute approximate surface area is 135 Å². The Balaban J connectivity index is 2.25. The average Bonchev–Trinajstić information content (AvgIpc) is 2.38. The van der Waals surface area contributed by atoms with Crippen LogP contribution in [0, 0.1) is 11.2 Å². The molecule has 0 amide bonds. The highest BCUT2D eigenvalue weighted by Gasteiger charge is 2.13. The van der Waals surface area contributed by atoms with E-state index < -0.39 is 5.82 Å². The lowest BCUT2D eigenvalue weighted by atomic mass is 10.1. The van der Waals surface area contributed by atoms with Crippen LogP contribution in [0.4, 0.5) is 4.39 Å². The minimum Gasteiger partial charge on any atom is -0.486 e. The first-order valence-electron chi connectivity index (χ1n) is 5.79. The zero-order valence-corrected chi connectivity index (χ0v) is 12.9. The Hall–Kier alpha value is -1.49.